The summed E-state index contributed by atoms with van der Waals surface area (Å²) in [5.41, 5.74) is 0. The molecule has 2 heteroatoms. The van der Waals surface area contributed by atoms with Gasteiger partial charge in [-0.15, -0.1) is 7.92 Å². The third-order valence-electron chi connectivity index (χ3n) is 2.69. The van der Waals surface area contributed by atoms with Crippen LogP contribution in [0.5, 0.6) is 0 Å². The Kier molecular flexibility index (Phi) is 12.8. The molecule has 0 aromatic heterocycles. The number of rotatable bonds is 11. The molecule has 0 aromatic rings. The van der Waals surface area contributed by atoms with Gasteiger partial charge in [0.2, 0.25) is 0 Å². The lowest BCUT2D eigenvalue weighted by molar-refractivity contribution is 0.704. The molecule has 0 unspecified atom stereocenters. The van der Waals surface area contributed by atoms with Crippen LogP contribution in [0.3, 0.4) is 0 Å². The molecule has 0 bridgehead atoms. The molecule has 0 aliphatic heterocycles. The summed E-state index contributed by atoms with van der Waals surface area (Å²) in [5, 5.41) is 3.53. The number of hydrogen-bond donors (Lipinski definition) is 1. The van der Waals surface area contributed by atoms with E-state index >= 15 is 0 Å². The first-order chi connectivity index (χ1) is 7.35. The Bertz CT molecular complexity index is 109. The Hall–Kier alpha value is 0.390. The number of hydrogen-bond acceptors (Lipinski definition) is 1. The summed E-state index contributed by atoms with van der Waals surface area (Å²) in [7, 11) is 0.348. The van der Waals surface area contributed by atoms with Crippen LogP contribution < -0.4 is 5.32 Å². The molecule has 92 valence electrons. The minimum atomic E-state index is 0.348. The van der Waals surface area contributed by atoms with Crippen molar-refractivity contribution in [3.8, 4) is 0 Å². The van der Waals surface area contributed by atoms with Crippen molar-refractivity contribution in [3.05, 3.63) is 0 Å². The van der Waals surface area contributed by atoms with Crippen LogP contribution in [0, 0.1) is 0 Å². The average Bonchev–Trinajstić information content (AvgIpc) is 2.27. The summed E-state index contributed by atoms with van der Waals surface area (Å²) in [4.78, 5) is 0. The lowest BCUT2D eigenvalue weighted by atomic mass is 10.4. The Balaban J connectivity index is 3.49. The van der Waals surface area contributed by atoms with Gasteiger partial charge in [0.1, 0.15) is 0 Å². The summed E-state index contributed by atoms with van der Waals surface area (Å²) < 4.78 is 0. The molecule has 0 saturated carbocycles. The van der Waals surface area contributed by atoms with Gasteiger partial charge in [-0.3, -0.25) is 0 Å². The van der Waals surface area contributed by atoms with Gasteiger partial charge >= 0.3 is 0 Å². The van der Waals surface area contributed by atoms with Crippen LogP contribution in [0.2, 0.25) is 0 Å². The molecule has 15 heavy (non-hydrogen) atoms. The molecule has 0 saturated heterocycles. The standard InChI is InChI=1S/C13H30NP/c1-4-7-11-15(12-8-5-2)13-10-14-9-6-3/h14H,4-13H2,1-3H3. The summed E-state index contributed by atoms with van der Waals surface area (Å²) in [6.07, 6.45) is 11.4. The largest absolute Gasteiger partial charge is 0.316 e. The van der Waals surface area contributed by atoms with E-state index in [4.69, 9.17) is 0 Å². The maximum atomic E-state index is 3.53. The van der Waals surface area contributed by atoms with Crippen molar-refractivity contribution in [1.29, 1.82) is 0 Å². The Morgan fingerprint density at radius 2 is 1.33 bits per heavy atom. The SMILES string of the molecule is CCCCP(CCCC)CCNCCC. The molecule has 0 heterocycles. The lowest BCUT2D eigenvalue weighted by Gasteiger charge is -2.17. The van der Waals surface area contributed by atoms with Crippen LogP contribution in [0.4, 0.5) is 0 Å². The fraction of sp³-hybridized carbons (Fsp3) is 1.00. The van der Waals surface area contributed by atoms with Gasteiger partial charge in [-0.2, -0.15) is 0 Å². The van der Waals surface area contributed by atoms with E-state index < -0.39 is 0 Å². The third kappa shape index (κ3) is 10.7. The summed E-state index contributed by atoms with van der Waals surface area (Å²) in [5.74, 6) is 0. The third-order valence-corrected chi connectivity index (χ3v) is 5.44. The monoisotopic (exact) mass is 231 g/mol. The highest BCUT2D eigenvalue weighted by atomic mass is 31.1. The first kappa shape index (κ1) is 15.4. The zero-order valence-electron chi connectivity index (χ0n) is 11.0. The number of nitrogens with one attached hydrogen (secondary N) is 1. The van der Waals surface area contributed by atoms with E-state index in [1.165, 1.54) is 63.7 Å². The van der Waals surface area contributed by atoms with Gasteiger partial charge in [0, 0.05) is 0 Å². The molecule has 0 radical (unpaired) electrons. The molecule has 0 aliphatic rings. The van der Waals surface area contributed by atoms with E-state index in [0.717, 1.165) is 0 Å². The van der Waals surface area contributed by atoms with Gasteiger partial charge in [-0.05, 0) is 50.8 Å². The summed E-state index contributed by atoms with van der Waals surface area (Å²) in [6, 6.07) is 0. The highest BCUT2D eigenvalue weighted by molar-refractivity contribution is 7.57. The van der Waals surface area contributed by atoms with Crippen molar-refractivity contribution in [2.24, 2.45) is 0 Å². The molecule has 1 N–H and O–H groups in total. The van der Waals surface area contributed by atoms with Crippen molar-refractivity contribution < 1.29 is 0 Å². The van der Waals surface area contributed by atoms with Crippen molar-refractivity contribution in [2.45, 2.75) is 52.9 Å². The van der Waals surface area contributed by atoms with Crippen LogP contribution >= 0.6 is 7.92 Å². The fourth-order valence-electron chi connectivity index (χ4n) is 1.64. The maximum Gasteiger partial charge on any atom is -0.000950 e. The molecule has 0 aliphatic carbocycles. The maximum absolute atomic E-state index is 3.53. The second-order valence-corrected chi connectivity index (χ2v) is 6.98. The van der Waals surface area contributed by atoms with Crippen molar-refractivity contribution in [1.82, 2.24) is 5.32 Å². The highest BCUT2D eigenvalue weighted by Gasteiger charge is 2.05. The average molecular weight is 231 g/mol. The molecule has 0 amide bonds. The van der Waals surface area contributed by atoms with Crippen molar-refractivity contribution in [3.63, 3.8) is 0 Å². The topological polar surface area (TPSA) is 12.0 Å². The van der Waals surface area contributed by atoms with E-state index in [-0.39, 0.29) is 0 Å². The van der Waals surface area contributed by atoms with Crippen molar-refractivity contribution >= 4 is 7.92 Å². The van der Waals surface area contributed by atoms with Crippen LogP contribution in [0.15, 0.2) is 0 Å². The van der Waals surface area contributed by atoms with E-state index in [1.807, 2.05) is 0 Å². The highest BCUT2D eigenvalue weighted by Crippen LogP contribution is 2.36. The molecule has 0 fully saturated rings. The zero-order chi connectivity index (χ0) is 11.4. The van der Waals surface area contributed by atoms with Crippen LogP contribution in [-0.4, -0.2) is 31.6 Å². The first-order valence-electron chi connectivity index (χ1n) is 6.78. The normalized spacial score (nSPS) is 11.2. The molecule has 0 atom stereocenters. The predicted octanol–water partition coefficient (Wildman–Crippen LogP) is 4.07. The Morgan fingerprint density at radius 1 is 0.733 bits per heavy atom. The van der Waals surface area contributed by atoms with Gasteiger partial charge in [0.25, 0.3) is 0 Å². The molecule has 1 nitrogen and oxygen atoms in total. The second kappa shape index (κ2) is 12.5. The second-order valence-electron chi connectivity index (χ2n) is 4.30. The summed E-state index contributed by atoms with van der Waals surface area (Å²) in [6.45, 7) is 9.31. The molecule has 0 rings (SSSR count). The molecular formula is C13H30NP. The van der Waals surface area contributed by atoms with Gasteiger partial charge in [-0.1, -0.05) is 33.6 Å². The minimum Gasteiger partial charge on any atom is -0.316 e. The number of unbranched alkanes of at least 4 members (excludes halogenated alkanes) is 2. The molecule has 0 spiro atoms. The van der Waals surface area contributed by atoms with Crippen LogP contribution in [0.25, 0.3) is 0 Å². The van der Waals surface area contributed by atoms with Crippen molar-refractivity contribution in [2.75, 3.05) is 31.6 Å². The predicted molar refractivity (Wildman–Crippen MR) is 74.5 cm³/mol. The lowest BCUT2D eigenvalue weighted by Crippen LogP contribution is -2.19. The Labute approximate surface area is 98.2 Å². The van der Waals surface area contributed by atoms with Crippen LogP contribution in [0.1, 0.15) is 52.9 Å². The van der Waals surface area contributed by atoms with E-state index in [9.17, 15) is 0 Å². The van der Waals surface area contributed by atoms with E-state index in [2.05, 4.69) is 26.1 Å². The zero-order valence-corrected chi connectivity index (χ0v) is 11.9. The smallest absolute Gasteiger partial charge is 0.000950 e. The fourth-order valence-corrected chi connectivity index (χ4v) is 4.31. The minimum absolute atomic E-state index is 0.348. The van der Waals surface area contributed by atoms with Gasteiger partial charge in [0.15, 0.2) is 0 Å². The van der Waals surface area contributed by atoms with Crippen LogP contribution in [-0.2, 0) is 0 Å². The first-order valence-corrected chi connectivity index (χ1v) is 8.67. The van der Waals surface area contributed by atoms with Gasteiger partial charge in [-0.25, -0.2) is 0 Å². The molecule has 0 aromatic carbocycles. The van der Waals surface area contributed by atoms with E-state index in [0.29, 0.717) is 7.92 Å². The quantitative estimate of drug-likeness (QED) is 0.417. The van der Waals surface area contributed by atoms with Gasteiger partial charge in [0.05, 0.1) is 0 Å². The van der Waals surface area contributed by atoms with Gasteiger partial charge < -0.3 is 5.32 Å². The Morgan fingerprint density at radius 3 is 1.80 bits per heavy atom. The molecular weight excluding hydrogens is 201 g/mol. The summed E-state index contributed by atoms with van der Waals surface area (Å²) >= 11 is 0. The van der Waals surface area contributed by atoms with E-state index in [1.54, 1.807) is 0 Å².